The molecule has 0 aliphatic heterocycles. The number of rotatable bonds is 0. The summed E-state index contributed by atoms with van der Waals surface area (Å²) in [5, 5.41) is 0. The molecule has 0 saturated carbocycles. The van der Waals surface area contributed by atoms with Crippen molar-refractivity contribution < 1.29 is 0 Å². The lowest BCUT2D eigenvalue weighted by atomic mass is 10.5. The second-order valence-electron chi connectivity index (χ2n) is 1.92. The lowest BCUT2D eigenvalue weighted by molar-refractivity contribution is 1.10. The Morgan fingerprint density at radius 3 is 2.82 bits per heavy atom. The van der Waals surface area contributed by atoms with Crippen molar-refractivity contribution in [1.29, 1.82) is 0 Å². The van der Waals surface area contributed by atoms with Crippen LogP contribution in [0.2, 0.25) is 0 Å². The van der Waals surface area contributed by atoms with Crippen LogP contribution in [-0.2, 0) is 0 Å². The van der Waals surface area contributed by atoms with Gasteiger partial charge in [-0.15, -0.1) is 0 Å². The molecule has 2 rings (SSSR count). The highest BCUT2D eigenvalue weighted by atomic mass is 14.9. The molecule has 2 nitrogen and oxygen atoms in total. The van der Waals surface area contributed by atoms with Gasteiger partial charge in [-0.2, -0.15) is 0 Å². The Balaban J connectivity index is 0.000000281. The molecular formula is C9H12N2. The maximum Gasteiger partial charge on any atom is 0.0990 e. The molecule has 0 aliphatic carbocycles. The molecule has 0 fully saturated rings. The fourth-order valence-electron chi connectivity index (χ4n) is 0.883. The second kappa shape index (κ2) is 3.76. The Bertz CT molecular complexity index is 282. The van der Waals surface area contributed by atoms with Gasteiger partial charge in [-0.25, -0.2) is 4.98 Å². The first-order chi connectivity index (χ1) is 5.47. The molecule has 0 spiro atoms. The highest BCUT2D eigenvalue weighted by Crippen LogP contribution is 1.99. The Labute approximate surface area is 66.5 Å². The molecule has 0 saturated heterocycles. The van der Waals surface area contributed by atoms with Crippen LogP contribution in [0.3, 0.4) is 0 Å². The summed E-state index contributed by atoms with van der Waals surface area (Å²) in [7, 11) is 0. The molecule has 0 aromatic carbocycles. The quantitative estimate of drug-likeness (QED) is 0.560. The third kappa shape index (κ3) is 1.58. The topological polar surface area (TPSA) is 17.3 Å². The van der Waals surface area contributed by atoms with E-state index in [0.717, 1.165) is 0 Å². The molecular weight excluding hydrogens is 136 g/mol. The fraction of sp³-hybridized carbons (Fsp3) is 0.222. The summed E-state index contributed by atoms with van der Waals surface area (Å²) in [4.78, 5) is 3.95. The zero-order chi connectivity index (χ0) is 8.10. The summed E-state index contributed by atoms with van der Waals surface area (Å²) in [5.74, 6) is 0. The van der Waals surface area contributed by atoms with Crippen molar-refractivity contribution in [2.75, 3.05) is 0 Å². The average molecular weight is 148 g/mol. The predicted octanol–water partition coefficient (Wildman–Crippen LogP) is 2.36. The zero-order valence-electron chi connectivity index (χ0n) is 6.86. The third-order valence-electron chi connectivity index (χ3n) is 1.33. The largest absolute Gasteiger partial charge is 0.308 e. The van der Waals surface area contributed by atoms with Crippen molar-refractivity contribution in [3.05, 3.63) is 36.9 Å². The maximum atomic E-state index is 3.95. The summed E-state index contributed by atoms with van der Waals surface area (Å²) < 4.78 is 1.97. The monoisotopic (exact) mass is 148 g/mol. The summed E-state index contributed by atoms with van der Waals surface area (Å²) in [5.41, 5.74) is 1.19. The Kier molecular flexibility index (Phi) is 2.66. The number of aromatic nitrogens is 2. The van der Waals surface area contributed by atoms with Gasteiger partial charge in [0.1, 0.15) is 0 Å². The number of hydrogen-bond acceptors (Lipinski definition) is 1. The Morgan fingerprint density at radius 1 is 1.27 bits per heavy atom. The molecule has 0 amide bonds. The minimum absolute atomic E-state index is 1.19. The fourth-order valence-corrected chi connectivity index (χ4v) is 0.883. The lowest BCUT2D eigenvalue weighted by Crippen LogP contribution is -1.80. The Hall–Kier alpha value is -1.31. The van der Waals surface area contributed by atoms with Gasteiger partial charge in [-0.3, -0.25) is 0 Å². The van der Waals surface area contributed by atoms with Crippen LogP contribution in [0.25, 0.3) is 5.52 Å². The van der Waals surface area contributed by atoms with Crippen LogP contribution < -0.4 is 0 Å². The summed E-state index contributed by atoms with van der Waals surface area (Å²) in [6, 6.07) is 6.01. The predicted molar refractivity (Wildman–Crippen MR) is 46.5 cm³/mol. The normalized spacial score (nSPS) is 8.91. The van der Waals surface area contributed by atoms with Crippen molar-refractivity contribution in [3.63, 3.8) is 0 Å². The van der Waals surface area contributed by atoms with Crippen LogP contribution in [0.15, 0.2) is 36.9 Å². The summed E-state index contributed by atoms with van der Waals surface area (Å²) in [6.45, 7) is 4.00. The maximum absolute atomic E-state index is 3.95. The highest BCUT2D eigenvalue weighted by Gasteiger charge is 1.84. The van der Waals surface area contributed by atoms with E-state index in [0.29, 0.717) is 0 Å². The molecule has 11 heavy (non-hydrogen) atoms. The molecule has 0 aliphatic rings. The van der Waals surface area contributed by atoms with Crippen LogP contribution in [0.4, 0.5) is 0 Å². The van der Waals surface area contributed by atoms with E-state index < -0.39 is 0 Å². The molecule has 0 bridgehead atoms. The molecule has 58 valence electrons. The highest BCUT2D eigenvalue weighted by molar-refractivity contribution is 5.45. The van der Waals surface area contributed by atoms with E-state index in [4.69, 9.17) is 0 Å². The van der Waals surface area contributed by atoms with Crippen molar-refractivity contribution in [2.45, 2.75) is 13.8 Å². The van der Waals surface area contributed by atoms with Crippen LogP contribution >= 0.6 is 0 Å². The first kappa shape index (κ1) is 7.79. The minimum Gasteiger partial charge on any atom is -0.308 e. The van der Waals surface area contributed by atoms with Gasteiger partial charge >= 0.3 is 0 Å². The Morgan fingerprint density at radius 2 is 2.09 bits per heavy atom. The van der Waals surface area contributed by atoms with Gasteiger partial charge in [0, 0.05) is 17.9 Å². The third-order valence-corrected chi connectivity index (χ3v) is 1.33. The average Bonchev–Trinajstić information content (AvgIpc) is 2.55. The van der Waals surface area contributed by atoms with Crippen molar-refractivity contribution in [1.82, 2.24) is 9.38 Å². The van der Waals surface area contributed by atoms with Crippen LogP contribution in [0.5, 0.6) is 0 Å². The first-order valence-electron chi connectivity index (χ1n) is 3.83. The van der Waals surface area contributed by atoms with Gasteiger partial charge in [-0.1, -0.05) is 13.8 Å². The molecule has 2 heterocycles. The van der Waals surface area contributed by atoms with Crippen LogP contribution in [0, 0.1) is 0 Å². The summed E-state index contributed by atoms with van der Waals surface area (Å²) >= 11 is 0. The van der Waals surface area contributed by atoms with Gasteiger partial charge in [-0.05, 0) is 18.2 Å². The van der Waals surface area contributed by atoms with Gasteiger partial charge in [0.2, 0.25) is 0 Å². The standard InChI is InChI=1S/C7H6N2.C2H6/c1-2-7-3-4-8-6-9(7)5-1;1-2/h1-6H;1-2H3. The van der Waals surface area contributed by atoms with Gasteiger partial charge in [0.25, 0.3) is 0 Å². The number of nitrogens with zero attached hydrogens (tertiary/aromatic N) is 2. The molecule has 0 unspecified atom stereocenters. The molecule has 0 N–H and O–H groups in total. The van der Waals surface area contributed by atoms with Crippen LogP contribution in [0.1, 0.15) is 13.8 Å². The van der Waals surface area contributed by atoms with Crippen molar-refractivity contribution in [3.8, 4) is 0 Å². The van der Waals surface area contributed by atoms with E-state index in [1.165, 1.54) is 5.52 Å². The van der Waals surface area contributed by atoms with Crippen molar-refractivity contribution in [2.24, 2.45) is 0 Å². The molecule has 2 heteroatoms. The lowest BCUT2D eigenvalue weighted by Gasteiger charge is -1.87. The smallest absolute Gasteiger partial charge is 0.0990 e. The van der Waals surface area contributed by atoms with E-state index in [2.05, 4.69) is 4.98 Å². The van der Waals surface area contributed by atoms with E-state index in [9.17, 15) is 0 Å². The van der Waals surface area contributed by atoms with E-state index in [1.54, 1.807) is 12.5 Å². The van der Waals surface area contributed by atoms with E-state index >= 15 is 0 Å². The molecule has 0 atom stereocenters. The summed E-state index contributed by atoms with van der Waals surface area (Å²) in [6.07, 6.45) is 5.55. The first-order valence-corrected chi connectivity index (χ1v) is 3.83. The molecule has 2 aromatic heterocycles. The molecule has 0 radical (unpaired) electrons. The van der Waals surface area contributed by atoms with Gasteiger partial charge < -0.3 is 4.40 Å². The number of hydrogen-bond donors (Lipinski definition) is 0. The second-order valence-corrected chi connectivity index (χ2v) is 1.92. The minimum atomic E-state index is 1.19. The number of fused-ring (bicyclic) bond motifs is 1. The van der Waals surface area contributed by atoms with Crippen molar-refractivity contribution >= 4 is 5.52 Å². The SMILES string of the molecule is CC.c1cc2ccncn2c1. The van der Waals surface area contributed by atoms with E-state index in [1.807, 2.05) is 42.6 Å². The van der Waals surface area contributed by atoms with Gasteiger partial charge in [0.15, 0.2) is 0 Å². The van der Waals surface area contributed by atoms with Gasteiger partial charge in [0.05, 0.1) is 6.33 Å². The van der Waals surface area contributed by atoms with Crippen LogP contribution in [-0.4, -0.2) is 9.38 Å². The zero-order valence-corrected chi connectivity index (χ0v) is 6.86. The van der Waals surface area contributed by atoms with E-state index in [-0.39, 0.29) is 0 Å². The molecule has 2 aromatic rings.